The summed E-state index contributed by atoms with van der Waals surface area (Å²) in [4.78, 5) is 11.1. The fourth-order valence-corrected chi connectivity index (χ4v) is 4.44. The molecule has 0 bridgehead atoms. The Morgan fingerprint density at radius 3 is 2.36 bits per heavy atom. The minimum atomic E-state index is -3.53. The molecule has 0 spiro atoms. The van der Waals surface area contributed by atoms with Crippen molar-refractivity contribution in [3.63, 3.8) is 0 Å². The van der Waals surface area contributed by atoms with Crippen LogP contribution >= 0.6 is 0 Å². The molecule has 2 heterocycles. The number of piperazine rings is 1. The maximum Gasteiger partial charge on any atom is 0.243 e. The zero-order valence-electron chi connectivity index (χ0n) is 16.5. The van der Waals surface area contributed by atoms with Gasteiger partial charge < -0.3 is 14.4 Å². The van der Waals surface area contributed by atoms with Gasteiger partial charge in [0.1, 0.15) is 17.4 Å². The van der Waals surface area contributed by atoms with Crippen molar-refractivity contribution in [2.45, 2.75) is 25.2 Å². The molecule has 0 unspecified atom stereocenters. The summed E-state index contributed by atoms with van der Waals surface area (Å²) in [6, 6.07) is 8.28. The van der Waals surface area contributed by atoms with Crippen molar-refractivity contribution in [1.29, 1.82) is 0 Å². The molecule has 9 heteroatoms. The second-order valence-electron chi connectivity index (χ2n) is 6.53. The van der Waals surface area contributed by atoms with Crippen LogP contribution < -0.4 is 14.4 Å². The van der Waals surface area contributed by atoms with E-state index in [2.05, 4.69) is 14.9 Å². The van der Waals surface area contributed by atoms with Crippen LogP contribution in [0.25, 0.3) is 0 Å². The predicted octanol–water partition coefficient (Wildman–Crippen LogP) is 2.09. The Morgan fingerprint density at radius 1 is 1.07 bits per heavy atom. The highest BCUT2D eigenvalue weighted by atomic mass is 32.2. The average molecular weight is 407 g/mol. The number of benzene rings is 1. The van der Waals surface area contributed by atoms with Crippen LogP contribution in [0.1, 0.15) is 19.2 Å². The molecule has 1 aromatic carbocycles. The Kier molecular flexibility index (Phi) is 6.35. The van der Waals surface area contributed by atoms with Crippen LogP contribution in [0, 0.1) is 6.92 Å². The number of sulfonamides is 1. The Hall–Kier alpha value is -2.39. The first-order valence-corrected chi connectivity index (χ1v) is 10.8. The molecule has 0 radical (unpaired) electrons. The summed E-state index contributed by atoms with van der Waals surface area (Å²) in [7, 11) is -1.98. The summed E-state index contributed by atoms with van der Waals surface area (Å²) in [5, 5.41) is 0. The van der Waals surface area contributed by atoms with Crippen LogP contribution in [0.5, 0.6) is 11.6 Å². The standard InChI is InChI=1S/C19H26N4O4S/c1-4-13-27-19-14-18(20-15(2)21-19)22-9-11-23(12-10-22)28(24,25)17-7-5-16(26-3)6-8-17/h5-8,14H,4,9-13H2,1-3H3. The predicted molar refractivity (Wildman–Crippen MR) is 107 cm³/mol. The van der Waals surface area contributed by atoms with E-state index < -0.39 is 10.0 Å². The van der Waals surface area contributed by atoms with Crippen molar-refractivity contribution < 1.29 is 17.9 Å². The second kappa shape index (κ2) is 8.74. The third kappa shape index (κ3) is 4.53. The quantitative estimate of drug-likeness (QED) is 0.696. The molecule has 1 aliphatic heterocycles. The summed E-state index contributed by atoms with van der Waals surface area (Å²) in [6.45, 7) is 6.36. The van der Waals surface area contributed by atoms with E-state index in [1.807, 2.05) is 19.9 Å². The number of anilines is 1. The lowest BCUT2D eigenvalue weighted by atomic mass is 10.3. The van der Waals surface area contributed by atoms with Gasteiger partial charge in [-0.15, -0.1) is 0 Å². The number of aromatic nitrogens is 2. The van der Waals surface area contributed by atoms with Gasteiger partial charge in [0, 0.05) is 32.2 Å². The number of aryl methyl sites for hydroxylation is 1. The fraction of sp³-hybridized carbons (Fsp3) is 0.474. The maximum atomic E-state index is 12.9. The number of nitrogens with zero attached hydrogens (tertiary/aromatic N) is 4. The SMILES string of the molecule is CCCOc1cc(N2CCN(S(=O)(=O)c3ccc(OC)cc3)CC2)nc(C)n1. The third-order valence-electron chi connectivity index (χ3n) is 4.51. The van der Waals surface area contributed by atoms with Crippen LogP contribution in [-0.2, 0) is 10.0 Å². The molecular weight excluding hydrogens is 380 g/mol. The van der Waals surface area contributed by atoms with Gasteiger partial charge in [0.05, 0.1) is 18.6 Å². The second-order valence-corrected chi connectivity index (χ2v) is 8.46. The normalized spacial score (nSPS) is 15.5. The molecule has 0 N–H and O–H groups in total. The van der Waals surface area contributed by atoms with Crippen molar-refractivity contribution in [3.8, 4) is 11.6 Å². The smallest absolute Gasteiger partial charge is 0.243 e. The van der Waals surface area contributed by atoms with Gasteiger partial charge in [-0.25, -0.2) is 13.4 Å². The Labute approximate surface area is 166 Å². The molecule has 1 aromatic heterocycles. The van der Waals surface area contributed by atoms with Gasteiger partial charge in [0.15, 0.2) is 0 Å². The maximum absolute atomic E-state index is 12.9. The summed E-state index contributed by atoms with van der Waals surface area (Å²) in [6.07, 6.45) is 0.903. The van der Waals surface area contributed by atoms with E-state index in [9.17, 15) is 8.42 Å². The van der Waals surface area contributed by atoms with Crippen molar-refractivity contribution >= 4 is 15.8 Å². The molecule has 0 aliphatic carbocycles. The molecule has 1 fully saturated rings. The van der Waals surface area contributed by atoms with E-state index in [0.29, 0.717) is 50.2 Å². The minimum absolute atomic E-state index is 0.273. The van der Waals surface area contributed by atoms with Crippen molar-refractivity contribution in [1.82, 2.24) is 14.3 Å². The van der Waals surface area contributed by atoms with Gasteiger partial charge in [0.25, 0.3) is 0 Å². The van der Waals surface area contributed by atoms with Gasteiger partial charge >= 0.3 is 0 Å². The first kappa shape index (κ1) is 20.3. The van der Waals surface area contributed by atoms with Gasteiger partial charge in [-0.05, 0) is 37.6 Å². The van der Waals surface area contributed by atoms with Crippen molar-refractivity contribution in [2.75, 3.05) is 44.8 Å². The van der Waals surface area contributed by atoms with E-state index in [1.54, 1.807) is 31.4 Å². The van der Waals surface area contributed by atoms with Crippen LogP contribution in [0.3, 0.4) is 0 Å². The minimum Gasteiger partial charge on any atom is -0.497 e. The largest absolute Gasteiger partial charge is 0.497 e. The van der Waals surface area contributed by atoms with Gasteiger partial charge in [-0.1, -0.05) is 6.92 Å². The summed E-state index contributed by atoms with van der Waals surface area (Å²) < 4.78 is 38.0. The molecular formula is C19H26N4O4S. The molecule has 1 saturated heterocycles. The molecule has 0 amide bonds. The molecule has 3 rings (SSSR count). The van der Waals surface area contributed by atoms with E-state index >= 15 is 0 Å². The van der Waals surface area contributed by atoms with Crippen LogP contribution in [-0.4, -0.2) is 62.6 Å². The summed E-state index contributed by atoms with van der Waals surface area (Å²) in [5.74, 6) is 2.58. The lowest BCUT2D eigenvalue weighted by molar-refractivity contribution is 0.303. The number of hydrogen-bond donors (Lipinski definition) is 0. The summed E-state index contributed by atoms with van der Waals surface area (Å²) in [5.41, 5.74) is 0. The van der Waals surface area contributed by atoms with E-state index in [4.69, 9.17) is 9.47 Å². The van der Waals surface area contributed by atoms with Crippen molar-refractivity contribution in [2.24, 2.45) is 0 Å². The highest BCUT2D eigenvalue weighted by Crippen LogP contribution is 2.23. The zero-order chi connectivity index (χ0) is 20.1. The topological polar surface area (TPSA) is 84.9 Å². The first-order valence-electron chi connectivity index (χ1n) is 9.31. The molecule has 152 valence electrons. The Bertz CT molecular complexity index is 895. The lowest BCUT2D eigenvalue weighted by Gasteiger charge is -2.34. The fourth-order valence-electron chi connectivity index (χ4n) is 3.02. The average Bonchev–Trinajstić information content (AvgIpc) is 2.72. The Balaban J connectivity index is 1.69. The van der Waals surface area contributed by atoms with Crippen LogP contribution in [0.2, 0.25) is 0 Å². The first-order chi connectivity index (χ1) is 13.4. The number of hydrogen-bond acceptors (Lipinski definition) is 7. The number of ether oxygens (including phenoxy) is 2. The van der Waals surface area contributed by atoms with Gasteiger partial charge in [0.2, 0.25) is 15.9 Å². The molecule has 1 aliphatic rings. The van der Waals surface area contributed by atoms with Gasteiger partial charge in [-0.3, -0.25) is 0 Å². The zero-order valence-corrected chi connectivity index (χ0v) is 17.3. The van der Waals surface area contributed by atoms with Crippen LogP contribution in [0.15, 0.2) is 35.2 Å². The Morgan fingerprint density at radius 2 is 1.75 bits per heavy atom. The highest BCUT2D eigenvalue weighted by molar-refractivity contribution is 7.89. The number of methoxy groups -OCH3 is 1. The van der Waals surface area contributed by atoms with Crippen LogP contribution in [0.4, 0.5) is 5.82 Å². The number of rotatable bonds is 7. The van der Waals surface area contributed by atoms with Crippen molar-refractivity contribution in [3.05, 3.63) is 36.2 Å². The van der Waals surface area contributed by atoms with Gasteiger partial charge in [-0.2, -0.15) is 9.29 Å². The summed E-state index contributed by atoms with van der Waals surface area (Å²) >= 11 is 0. The molecule has 28 heavy (non-hydrogen) atoms. The van der Waals surface area contributed by atoms with E-state index in [0.717, 1.165) is 12.2 Å². The molecule has 8 nitrogen and oxygen atoms in total. The molecule has 0 saturated carbocycles. The van der Waals surface area contributed by atoms with E-state index in [-0.39, 0.29) is 4.90 Å². The monoisotopic (exact) mass is 406 g/mol. The lowest BCUT2D eigenvalue weighted by Crippen LogP contribution is -2.49. The molecule has 0 atom stereocenters. The third-order valence-corrected chi connectivity index (χ3v) is 6.43. The highest BCUT2D eigenvalue weighted by Gasteiger charge is 2.29. The molecule has 2 aromatic rings. The van der Waals surface area contributed by atoms with E-state index in [1.165, 1.54) is 4.31 Å².